The molecule has 3 rings (SSSR count). The maximum absolute atomic E-state index is 12.8. The zero-order valence-electron chi connectivity index (χ0n) is 20.9. The molecule has 198 valence electrons. The molecule has 11 heteroatoms. The zero-order valence-corrected chi connectivity index (χ0v) is 22.5. The number of nitrogens with zero attached hydrogens (tertiary/aromatic N) is 1. The molecule has 2 aromatic rings. The van der Waals surface area contributed by atoms with Gasteiger partial charge in [-0.15, -0.1) is 0 Å². The van der Waals surface area contributed by atoms with Gasteiger partial charge in [0.1, 0.15) is 5.75 Å². The standard InChI is InChI=1S/C25H34ClN3O6S/c1-33-23-7-5-18(14-25(23)35-3)36(31,32)28-10-13-29-11-8-17(9-12-29)4-6-22(30)19-15-20(26)21(27)16-24(19)34-2/h5,7,14-17,28H,4,6,8-13,27H2,1-3H3. The fourth-order valence-corrected chi connectivity index (χ4v) is 5.53. The molecule has 3 N–H and O–H groups in total. The van der Waals surface area contributed by atoms with Gasteiger partial charge in [-0.05, 0) is 56.5 Å². The third kappa shape index (κ3) is 7.03. The number of rotatable bonds is 12. The van der Waals surface area contributed by atoms with Gasteiger partial charge in [0.2, 0.25) is 10.0 Å². The number of carbonyl (C=O) groups is 1. The van der Waals surface area contributed by atoms with Crippen LogP contribution in [0.3, 0.4) is 0 Å². The largest absolute Gasteiger partial charge is 0.496 e. The van der Waals surface area contributed by atoms with E-state index in [2.05, 4.69) is 9.62 Å². The number of piperidine rings is 1. The molecule has 0 amide bonds. The number of Topliss-reactive ketones (excluding diaryl/α,β-unsaturated/α-hetero) is 1. The van der Waals surface area contributed by atoms with Crippen LogP contribution in [-0.2, 0) is 10.0 Å². The number of halogens is 1. The molecule has 0 atom stereocenters. The number of anilines is 1. The van der Waals surface area contributed by atoms with Gasteiger partial charge in [0.15, 0.2) is 17.3 Å². The van der Waals surface area contributed by atoms with E-state index >= 15 is 0 Å². The summed E-state index contributed by atoms with van der Waals surface area (Å²) in [4.78, 5) is 15.1. The Morgan fingerprint density at radius 2 is 1.72 bits per heavy atom. The van der Waals surface area contributed by atoms with Gasteiger partial charge in [0.25, 0.3) is 0 Å². The second-order valence-electron chi connectivity index (χ2n) is 8.74. The van der Waals surface area contributed by atoms with Crippen molar-refractivity contribution in [1.82, 2.24) is 9.62 Å². The number of ketones is 1. The molecule has 1 heterocycles. The summed E-state index contributed by atoms with van der Waals surface area (Å²) in [5.41, 5.74) is 6.64. The van der Waals surface area contributed by atoms with E-state index in [1.165, 1.54) is 33.5 Å². The second kappa shape index (κ2) is 12.6. The third-order valence-electron chi connectivity index (χ3n) is 6.49. The topological polar surface area (TPSA) is 120 Å². The average molecular weight is 540 g/mol. The quantitative estimate of drug-likeness (QED) is 0.310. The van der Waals surface area contributed by atoms with Crippen LogP contribution in [0, 0.1) is 5.92 Å². The van der Waals surface area contributed by atoms with Gasteiger partial charge in [-0.25, -0.2) is 13.1 Å². The van der Waals surface area contributed by atoms with Crippen LogP contribution in [0.5, 0.6) is 17.2 Å². The number of likely N-dealkylation sites (tertiary alicyclic amines) is 1. The minimum Gasteiger partial charge on any atom is -0.496 e. The van der Waals surface area contributed by atoms with E-state index in [1.807, 2.05) is 0 Å². The highest BCUT2D eigenvalue weighted by Crippen LogP contribution is 2.31. The van der Waals surface area contributed by atoms with Crippen molar-refractivity contribution in [2.45, 2.75) is 30.6 Å². The van der Waals surface area contributed by atoms with Crippen molar-refractivity contribution in [2.24, 2.45) is 5.92 Å². The predicted molar refractivity (Wildman–Crippen MR) is 140 cm³/mol. The van der Waals surface area contributed by atoms with Gasteiger partial charge in [-0.1, -0.05) is 11.6 Å². The van der Waals surface area contributed by atoms with E-state index in [1.54, 1.807) is 18.2 Å². The molecular weight excluding hydrogens is 506 g/mol. The molecule has 0 aliphatic carbocycles. The van der Waals surface area contributed by atoms with E-state index in [0.29, 0.717) is 59.0 Å². The van der Waals surface area contributed by atoms with E-state index in [0.717, 1.165) is 32.4 Å². The maximum Gasteiger partial charge on any atom is 0.240 e. The minimum atomic E-state index is -3.66. The summed E-state index contributed by atoms with van der Waals surface area (Å²) in [5, 5.41) is 0.342. The third-order valence-corrected chi connectivity index (χ3v) is 8.28. The lowest BCUT2D eigenvalue weighted by Gasteiger charge is -2.31. The van der Waals surface area contributed by atoms with Gasteiger partial charge in [-0.3, -0.25) is 4.79 Å². The molecule has 0 bridgehead atoms. The molecular formula is C25H34ClN3O6S. The number of nitrogens with one attached hydrogen (secondary N) is 1. The lowest BCUT2D eigenvalue weighted by molar-refractivity contribution is 0.0960. The van der Waals surface area contributed by atoms with Crippen molar-refractivity contribution in [2.75, 3.05) is 53.2 Å². The van der Waals surface area contributed by atoms with Gasteiger partial charge in [0, 0.05) is 31.6 Å². The van der Waals surface area contributed by atoms with E-state index in [4.69, 9.17) is 31.5 Å². The van der Waals surface area contributed by atoms with E-state index in [-0.39, 0.29) is 10.7 Å². The highest BCUT2D eigenvalue weighted by atomic mass is 35.5. The number of ether oxygens (including phenoxy) is 3. The zero-order chi connectivity index (χ0) is 26.3. The molecule has 36 heavy (non-hydrogen) atoms. The lowest BCUT2D eigenvalue weighted by Crippen LogP contribution is -2.39. The number of sulfonamides is 1. The van der Waals surface area contributed by atoms with Gasteiger partial charge < -0.3 is 24.8 Å². The first kappa shape index (κ1) is 28.0. The Hall–Kier alpha value is -2.53. The SMILES string of the molecule is COc1ccc(S(=O)(=O)NCCN2CCC(CCC(=O)c3cc(Cl)c(N)cc3OC)CC2)cc1OC. The highest BCUT2D eigenvalue weighted by molar-refractivity contribution is 7.89. The van der Waals surface area contributed by atoms with Crippen LogP contribution >= 0.6 is 11.6 Å². The van der Waals surface area contributed by atoms with Gasteiger partial charge in [0.05, 0.1) is 42.5 Å². The van der Waals surface area contributed by atoms with Crippen molar-refractivity contribution < 1.29 is 27.4 Å². The molecule has 1 aliphatic rings. The van der Waals surface area contributed by atoms with Crippen LogP contribution < -0.4 is 24.7 Å². The molecule has 0 unspecified atom stereocenters. The summed E-state index contributed by atoms with van der Waals surface area (Å²) >= 11 is 6.09. The first-order chi connectivity index (χ1) is 17.2. The smallest absolute Gasteiger partial charge is 0.240 e. The Balaban J connectivity index is 1.43. The average Bonchev–Trinajstić information content (AvgIpc) is 2.88. The van der Waals surface area contributed by atoms with Crippen molar-refractivity contribution in [1.29, 1.82) is 0 Å². The molecule has 2 aromatic carbocycles. The van der Waals surface area contributed by atoms with Crippen molar-refractivity contribution in [3.63, 3.8) is 0 Å². The number of carbonyl (C=O) groups excluding carboxylic acids is 1. The van der Waals surface area contributed by atoms with Crippen LogP contribution in [0.1, 0.15) is 36.0 Å². The number of hydrogen-bond acceptors (Lipinski definition) is 8. The summed E-state index contributed by atoms with van der Waals surface area (Å²) in [7, 11) is 0.803. The molecule has 0 spiro atoms. The Kier molecular flexibility index (Phi) is 9.84. The Bertz CT molecular complexity index is 1170. The number of nitrogens with two attached hydrogens (primary N) is 1. The molecule has 0 aromatic heterocycles. The number of nitrogen functional groups attached to an aromatic ring is 1. The molecule has 0 saturated carbocycles. The number of benzene rings is 2. The highest BCUT2D eigenvalue weighted by Gasteiger charge is 2.23. The van der Waals surface area contributed by atoms with Crippen LogP contribution in [0.15, 0.2) is 35.2 Å². The maximum atomic E-state index is 12.8. The fourth-order valence-electron chi connectivity index (χ4n) is 4.33. The fraction of sp³-hybridized carbons (Fsp3) is 0.480. The first-order valence-corrected chi connectivity index (χ1v) is 13.6. The molecule has 9 nitrogen and oxygen atoms in total. The summed E-state index contributed by atoms with van der Waals surface area (Å²) in [6.07, 6.45) is 3.10. The minimum absolute atomic E-state index is 0.0132. The van der Waals surface area contributed by atoms with Crippen LogP contribution in [0.4, 0.5) is 5.69 Å². The lowest BCUT2D eigenvalue weighted by atomic mass is 9.90. The van der Waals surface area contributed by atoms with Crippen molar-refractivity contribution in [3.8, 4) is 17.2 Å². The summed E-state index contributed by atoms with van der Waals surface area (Å²) < 4.78 is 43.6. The summed E-state index contributed by atoms with van der Waals surface area (Å²) in [6.45, 7) is 2.62. The molecule has 1 aliphatic heterocycles. The van der Waals surface area contributed by atoms with Gasteiger partial charge >= 0.3 is 0 Å². The molecule has 0 radical (unpaired) electrons. The molecule has 1 fully saturated rings. The molecule has 1 saturated heterocycles. The first-order valence-electron chi connectivity index (χ1n) is 11.8. The number of methoxy groups -OCH3 is 3. The van der Waals surface area contributed by atoms with Gasteiger partial charge in [-0.2, -0.15) is 0 Å². The van der Waals surface area contributed by atoms with Crippen LogP contribution in [-0.4, -0.2) is 66.6 Å². The van der Waals surface area contributed by atoms with Crippen LogP contribution in [0.25, 0.3) is 0 Å². The Labute approximate surface area is 217 Å². The van der Waals surface area contributed by atoms with Crippen molar-refractivity contribution >= 4 is 33.1 Å². The predicted octanol–water partition coefficient (Wildman–Crippen LogP) is 3.60. The Morgan fingerprint density at radius 3 is 2.36 bits per heavy atom. The Morgan fingerprint density at radius 1 is 1.06 bits per heavy atom. The van der Waals surface area contributed by atoms with E-state index in [9.17, 15) is 13.2 Å². The van der Waals surface area contributed by atoms with E-state index < -0.39 is 10.0 Å². The number of hydrogen-bond donors (Lipinski definition) is 2. The summed E-state index contributed by atoms with van der Waals surface area (Å²) in [5.74, 6) is 1.69. The normalized spacial score (nSPS) is 15.0. The monoisotopic (exact) mass is 539 g/mol. The second-order valence-corrected chi connectivity index (χ2v) is 10.9. The summed E-state index contributed by atoms with van der Waals surface area (Å²) in [6, 6.07) is 7.66. The van der Waals surface area contributed by atoms with Crippen LogP contribution in [0.2, 0.25) is 5.02 Å². The van der Waals surface area contributed by atoms with Crippen molar-refractivity contribution in [3.05, 3.63) is 40.9 Å².